The highest BCUT2D eigenvalue weighted by Gasteiger charge is 2.41. The van der Waals surface area contributed by atoms with Crippen molar-refractivity contribution in [1.29, 1.82) is 5.26 Å². The summed E-state index contributed by atoms with van der Waals surface area (Å²) in [6.45, 7) is 2.17. The third kappa shape index (κ3) is 4.71. The van der Waals surface area contributed by atoms with Crippen LogP contribution in [0.25, 0.3) is 0 Å². The molecule has 0 aromatic heterocycles. The smallest absolute Gasteiger partial charge is 0.267 e. The van der Waals surface area contributed by atoms with Gasteiger partial charge in [0.1, 0.15) is 11.6 Å². The van der Waals surface area contributed by atoms with Gasteiger partial charge in [-0.1, -0.05) is 48.5 Å². The van der Waals surface area contributed by atoms with Crippen molar-refractivity contribution in [1.82, 2.24) is 5.32 Å². The summed E-state index contributed by atoms with van der Waals surface area (Å²) in [5, 5.41) is 15.8. The monoisotopic (exact) mass is 417 g/mol. The Hall–Kier alpha value is -2.71. The number of hydrogen-bond donors (Lipinski definition) is 2. The molecule has 2 saturated carbocycles. The van der Waals surface area contributed by atoms with E-state index in [9.17, 15) is 10.1 Å². The van der Waals surface area contributed by atoms with Gasteiger partial charge in [-0.25, -0.2) is 0 Å². The van der Waals surface area contributed by atoms with Crippen LogP contribution in [-0.2, 0) is 4.79 Å². The van der Waals surface area contributed by atoms with Gasteiger partial charge >= 0.3 is 0 Å². The van der Waals surface area contributed by atoms with Crippen molar-refractivity contribution < 1.29 is 4.79 Å². The normalized spacial score (nSPS) is 23.6. The number of rotatable bonds is 7. The second kappa shape index (κ2) is 9.40. The molecule has 5 heteroatoms. The average molecular weight is 418 g/mol. The Balaban J connectivity index is 1.41. The van der Waals surface area contributed by atoms with Crippen molar-refractivity contribution in [3.05, 3.63) is 66.4 Å². The molecule has 0 spiro atoms. The van der Waals surface area contributed by atoms with E-state index in [1.54, 1.807) is 18.0 Å². The second-order valence-electron chi connectivity index (χ2n) is 8.33. The van der Waals surface area contributed by atoms with Crippen LogP contribution in [-0.4, -0.2) is 11.9 Å². The number of anilines is 1. The van der Waals surface area contributed by atoms with Crippen LogP contribution in [0.1, 0.15) is 32.6 Å². The maximum atomic E-state index is 12.8. The molecule has 0 radical (unpaired) electrons. The molecule has 2 aromatic carbocycles. The number of hydrogen-bond acceptors (Lipinski definition) is 4. The van der Waals surface area contributed by atoms with Gasteiger partial charge in [-0.15, -0.1) is 0 Å². The third-order valence-corrected chi connectivity index (χ3v) is 7.48. The summed E-state index contributed by atoms with van der Waals surface area (Å²) in [7, 11) is 0. The van der Waals surface area contributed by atoms with Crippen LogP contribution in [0.3, 0.4) is 0 Å². The minimum Gasteiger partial charge on any atom is -0.387 e. The van der Waals surface area contributed by atoms with E-state index >= 15 is 0 Å². The number of fused-ring (bicyclic) bond motifs is 2. The maximum absolute atomic E-state index is 12.8. The summed E-state index contributed by atoms with van der Waals surface area (Å²) >= 11 is 1.58. The Morgan fingerprint density at radius 2 is 1.90 bits per heavy atom. The van der Waals surface area contributed by atoms with Gasteiger partial charge in [0.2, 0.25) is 0 Å². The molecule has 0 saturated heterocycles. The van der Waals surface area contributed by atoms with Crippen LogP contribution >= 0.6 is 11.8 Å². The number of amides is 1. The summed E-state index contributed by atoms with van der Waals surface area (Å²) < 4.78 is 0. The molecule has 0 heterocycles. The zero-order chi connectivity index (χ0) is 20.9. The summed E-state index contributed by atoms with van der Waals surface area (Å²) in [4.78, 5) is 14.8. The van der Waals surface area contributed by atoms with Crippen LogP contribution in [0.2, 0.25) is 0 Å². The fraction of sp³-hybridized carbons (Fsp3) is 0.360. The molecule has 2 aliphatic carbocycles. The lowest BCUT2D eigenvalue weighted by molar-refractivity contribution is -0.112. The van der Waals surface area contributed by atoms with E-state index in [-0.39, 0.29) is 17.5 Å². The minimum atomic E-state index is -0.383. The van der Waals surface area contributed by atoms with Crippen LogP contribution < -0.4 is 10.6 Å². The van der Waals surface area contributed by atoms with Crippen molar-refractivity contribution in [2.24, 2.45) is 17.8 Å². The minimum absolute atomic E-state index is 0.101. The first-order valence-corrected chi connectivity index (χ1v) is 11.5. The summed E-state index contributed by atoms with van der Waals surface area (Å²) in [5.74, 6) is 1.94. The lowest BCUT2D eigenvalue weighted by Gasteiger charge is -2.28. The van der Waals surface area contributed by atoms with Crippen LogP contribution in [0.4, 0.5) is 5.69 Å². The van der Waals surface area contributed by atoms with Gasteiger partial charge in [-0.2, -0.15) is 5.26 Å². The molecule has 2 fully saturated rings. The molecule has 0 aliphatic heterocycles. The van der Waals surface area contributed by atoms with Crippen molar-refractivity contribution >= 4 is 23.4 Å². The lowest BCUT2D eigenvalue weighted by atomic mass is 9.84. The summed E-state index contributed by atoms with van der Waals surface area (Å²) in [6, 6.07) is 20.0. The first-order chi connectivity index (χ1) is 14.6. The van der Waals surface area contributed by atoms with Gasteiger partial charge in [0, 0.05) is 22.0 Å². The van der Waals surface area contributed by atoms with E-state index in [1.165, 1.54) is 25.7 Å². The van der Waals surface area contributed by atoms with Crippen molar-refractivity contribution in [2.45, 2.75) is 48.4 Å². The van der Waals surface area contributed by atoms with E-state index in [4.69, 9.17) is 0 Å². The molecule has 2 aromatic rings. The summed E-state index contributed by atoms with van der Waals surface area (Å²) in [5.41, 5.74) is 0.808. The Bertz CT molecular complexity index is 966. The number of para-hydroxylation sites is 1. The molecule has 154 valence electrons. The zero-order valence-corrected chi connectivity index (χ0v) is 18.0. The van der Waals surface area contributed by atoms with Gasteiger partial charge in [0.15, 0.2) is 0 Å². The second-order valence-corrected chi connectivity index (χ2v) is 9.44. The van der Waals surface area contributed by atoms with Crippen LogP contribution in [0, 0.1) is 29.1 Å². The Morgan fingerprint density at radius 3 is 2.60 bits per heavy atom. The topological polar surface area (TPSA) is 64.9 Å². The number of carbonyl (C=O) groups excluding carboxylic acids is 1. The number of nitrogens with zero attached hydrogens (tertiary/aromatic N) is 1. The molecular weight excluding hydrogens is 390 g/mol. The Morgan fingerprint density at radius 1 is 1.13 bits per heavy atom. The van der Waals surface area contributed by atoms with Gasteiger partial charge in [-0.3, -0.25) is 4.79 Å². The standard InChI is InChI=1S/C25H27N3OS/c1-17(22-14-18-11-12-19(22)13-18)27-16-20(15-26)25(29)28-23-9-5-6-10-24(23)30-21-7-3-2-4-8-21/h2-10,16-19,22,27H,11-14H2,1H3,(H,28,29)/b20-16-. The van der Waals surface area contributed by atoms with E-state index in [0.29, 0.717) is 11.6 Å². The van der Waals surface area contributed by atoms with Crippen molar-refractivity contribution in [3.8, 4) is 6.07 Å². The maximum Gasteiger partial charge on any atom is 0.267 e. The highest BCUT2D eigenvalue weighted by atomic mass is 32.2. The zero-order valence-electron chi connectivity index (χ0n) is 17.2. The fourth-order valence-electron chi connectivity index (χ4n) is 4.86. The molecule has 30 heavy (non-hydrogen) atoms. The largest absolute Gasteiger partial charge is 0.387 e. The molecular formula is C25H27N3OS. The number of nitriles is 1. The van der Waals surface area contributed by atoms with Gasteiger partial charge in [0.05, 0.1) is 5.69 Å². The summed E-state index contributed by atoms with van der Waals surface area (Å²) in [6.07, 6.45) is 6.91. The quantitative estimate of drug-likeness (QED) is 0.455. The van der Waals surface area contributed by atoms with Gasteiger partial charge in [-0.05, 0) is 68.2 Å². The molecule has 4 rings (SSSR count). The molecule has 2 N–H and O–H groups in total. The van der Waals surface area contributed by atoms with E-state index in [1.807, 2.05) is 54.6 Å². The molecule has 1 amide bonds. The predicted octanol–water partition coefficient (Wildman–Crippen LogP) is 5.60. The number of nitrogens with one attached hydrogen (secondary N) is 2. The SMILES string of the molecule is CC(N/C=C(/C#N)C(=O)Nc1ccccc1Sc1ccccc1)C1CC2CCC1C2. The first-order valence-electron chi connectivity index (χ1n) is 10.6. The van der Waals surface area contributed by atoms with Gasteiger partial charge in [0.25, 0.3) is 5.91 Å². The highest BCUT2D eigenvalue weighted by Crippen LogP contribution is 2.49. The van der Waals surface area contributed by atoms with Gasteiger partial charge < -0.3 is 10.6 Å². The first kappa shape index (κ1) is 20.6. The number of benzene rings is 2. The lowest BCUT2D eigenvalue weighted by Crippen LogP contribution is -2.34. The average Bonchev–Trinajstić information content (AvgIpc) is 3.40. The van der Waals surface area contributed by atoms with Crippen molar-refractivity contribution in [2.75, 3.05) is 5.32 Å². The molecule has 4 unspecified atom stereocenters. The molecule has 4 nitrogen and oxygen atoms in total. The molecule has 2 bridgehead atoms. The third-order valence-electron chi connectivity index (χ3n) is 6.40. The van der Waals surface area contributed by atoms with E-state index in [0.717, 1.165) is 21.6 Å². The van der Waals surface area contributed by atoms with Crippen LogP contribution in [0.15, 0.2) is 76.2 Å². The number of carbonyl (C=O) groups is 1. The molecule has 2 aliphatic rings. The van der Waals surface area contributed by atoms with E-state index < -0.39 is 0 Å². The Labute approximate surface area is 182 Å². The van der Waals surface area contributed by atoms with Crippen molar-refractivity contribution in [3.63, 3.8) is 0 Å². The fourth-order valence-corrected chi connectivity index (χ4v) is 5.78. The predicted molar refractivity (Wildman–Crippen MR) is 121 cm³/mol. The highest BCUT2D eigenvalue weighted by molar-refractivity contribution is 7.99. The van der Waals surface area contributed by atoms with Crippen LogP contribution in [0.5, 0.6) is 0 Å². The Kier molecular flexibility index (Phi) is 6.44. The van der Waals surface area contributed by atoms with E-state index in [2.05, 4.69) is 23.6 Å². The molecule has 4 atom stereocenters.